The molecule has 0 bridgehead atoms. The van der Waals surface area contributed by atoms with Crippen LogP contribution >= 0.6 is 10.5 Å². The second-order valence-electron chi connectivity index (χ2n) is 9.17. The second-order valence-corrected chi connectivity index (χ2v) is 11.1. The Morgan fingerprint density at radius 3 is 1.17 bits per heavy atom. The first kappa shape index (κ1) is 24.5. The van der Waals surface area contributed by atoms with Gasteiger partial charge in [0.1, 0.15) is 10.5 Å². The van der Waals surface area contributed by atoms with Crippen LogP contribution in [0.25, 0.3) is 20.2 Å². The molecule has 0 radical (unpaired) electrons. The molecule has 3 rings (SSSR count). The number of hydrogen-bond donors (Lipinski definition) is 0. The van der Waals surface area contributed by atoms with Gasteiger partial charge in [-0.3, -0.25) is 0 Å². The lowest BCUT2D eigenvalue weighted by atomic mass is 9.86. The van der Waals surface area contributed by atoms with Crippen LogP contribution in [0.4, 0.5) is 30.4 Å². The summed E-state index contributed by atoms with van der Waals surface area (Å²) < 4.78 is 81.8. The molecule has 1 aromatic heterocycles. The van der Waals surface area contributed by atoms with E-state index in [4.69, 9.17) is 0 Å². The van der Waals surface area contributed by atoms with Crippen LogP contribution in [0.3, 0.4) is 0 Å². The Hall–Kier alpha value is -1.77. The minimum absolute atomic E-state index is 0.180. The summed E-state index contributed by atoms with van der Waals surface area (Å²) in [5.74, 6) is 0. The topological polar surface area (TPSA) is 0 Å². The maximum absolute atomic E-state index is 14.0. The number of hydrogen-bond acceptors (Lipinski definition) is 0. The summed E-state index contributed by atoms with van der Waals surface area (Å²) in [4.78, 5) is 0. The maximum Gasteiger partial charge on any atom is 0.673 e. The van der Waals surface area contributed by atoms with E-state index in [0.29, 0.717) is 9.40 Å². The van der Waals surface area contributed by atoms with E-state index in [1.165, 1.54) is 0 Å². The average Bonchev–Trinajstić information content (AvgIpc) is 2.84. The van der Waals surface area contributed by atoms with Gasteiger partial charge in [-0.05, 0) is 34.1 Å². The third-order valence-corrected chi connectivity index (χ3v) is 6.67. The number of halogens is 7. The molecule has 166 valence electrons. The lowest BCUT2D eigenvalue weighted by Crippen LogP contribution is -2.10. The molecule has 0 atom stereocenters. The van der Waals surface area contributed by atoms with E-state index < -0.39 is 23.2 Å². The van der Waals surface area contributed by atoms with Gasteiger partial charge in [-0.2, -0.15) is 0 Å². The molecule has 0 spiro atoms. The summed E-state index contributed by atoms with van der Waals surface area (Å²) in [6.45, 7) is 12.2. The van der Waals surface area contributed by atoms with Gasteiger partial charge in [0.15, 0.2) is 9.40 Å². The van der Waals surface area contributed by atoms with Crippen molar-refractivity contribution in [3.05, 3.63) is 47.5 Å². The number of fused-ring (bicyclic) bond motifs is 3. The fourth-order valence-electron chi connectivity index (χ4n) is 3.13. The Kier molecular flexibility index (Phi) is 6.32. The van der Waals surface area contributed by atoms with Crippen molar-refractivity contribution in [2.24, 2.45) is 0 Å². The van der Waals surface area contributed by atoms with Crippen LogP contribution in [-0.2, 0) is 16.3 Å². The Morgan fingerprint density at radius 2 is 0.933 bits per heavy atom. The quantitative estimate of drug-likeness (QED) is 0.181. The van der Waals surface area contributed by atoms with Crippen molar-refractivity contribution in [1.29, 1.82) is 0 Å². The molecule has 9 heteroatoms. The van der Waals surface area contributed by atoms with Crippen molar-refractivity contribution in [2.45, 2.75) is 57.9 Å². The first-order valence-electron chi connectivity index (χ1n) is 9.28. The van der Waals surface area contributed by atoms with Crippen LogP contribution < -0.4 is 0 Å². The molecule has 0 N–H and O–H groups in total. The normalized spacial score (nSPS) is 13.5. The minimum atomic E-state index is -6.00. The van der Waals surface area contributed by atoms with Crippen molar-refractivity contribution in [3.8, 4) is 0 Å². The van der Waals surface area contributed by atoms with E-state index in [1.807, 2.05) is 65.8 Å². The number of thiophene rings is 1. The molecular weight excluding hydrogens is 428 g/mol. The summed E-state index contributed by atoms with van der Waals surface area (Å²) >= 11 is 0. The van der Waals surface area contributed by atoms with E-state index in [1.54, 1.807) is 12.1 Å². The van der Waals surface area contributed by atoms with E-state index >= 15 is 0 Å². The molecule has 0 unspecified atom stereocenters. The van der Waals surface area contributed by atoms with Gasteiger partial charge in [0.2, 0.25) is 0 Å². The second kappa shape index (κ2) is 7.73. The zero-order valence-corrected chi connectivity index (χ0v) is 18.4. The zero-order chi connectivity index (χ0) is 23.3. The molecule has 0 saturated carbocycles. The average molecular weight is 452 g/mol. The molecule has 3 aromatic rings. The molecule has 0 nitrogen and oxygen atoms in total. The number of alkyl halides is 3. The highest BCUT2D eigenvalue weighted by Crippen LogP contribution is 2.55. The lowest BCUT2D eigenvalue weighted by Gasteiger charge is -2.18. The smallest absolute Gasteiger partial charge is 0.418 e. The van der Waals surface area contributed by atoms with E-state index in [-0.39, 0.29) is 10.8 Å². The van der Waals surface area contributed by atoms with E-state index in [0.717, 1.165) is 21.9 Å². The number of rotatable bonds is 0. The van der Waals surface area contributed by atoms with Gasteiger partial charge in [-0.25, -0.2) is 0 Å². The summed E-state index contributed by atoms with van der Waals surface area (Å²) in [5, 5.41) is 1.45. The molecule has 0 aliphatic carbocycles. The van der Waals surface area contributed by atoms with Crippen molar-refractivity contribution in [2.75, 3.05) is 0 Å². The molecule has 0 aliphatic heterocycles. The first-order valence-corrected chi connectivity index (χ1v) is 10.5. The highest BCUT2D eigenvalue weighted by molar-refractivity contribution is 7.43. The Morgan fingerprint density at radius 1 is 0.633 bits per heavy atom. The molecule has 1 heterocycles. The van der Waals surface area contributed by atoms with Crippen LogP contribution in [0.2, 0.25) is 0 Å². The molecule has 30 heavy (non-hydrogen) atoms. The largest absolute Gasteiger partial charge is 0.673 e. The van der Waals surface area contributed by atoms with Gasteiger partial charge in [-0.1, -0.05) is 53.7 Å². The zero-order valence-electron chi connectivity index (χ0n) is 17.6. The molecule has 2 aromatic carbocycles. The predicted octanol–water partition coefficient (Wildman–Crippen LogP) is 9.11. The van der Waals surface area contributed by atoms with Crippen LogP contribution in [0.5, 0.6) is 0 Å². The third-order valence-electron chi connectivity index (χ3n) is 4.66. The molecular formula is C21H24BF7S. The summed E-state index contributed by atoms with van der Waals surface area (Å²) in [7, 11) is -7.88. The van der Waals surface area contributed by atoms with Crippen molar-refractivity contribution >= 4 is 37.9 Å². The van der Waals surface area contributed by atoms with Gasteiger partial charge in [0.05, 0.1) is 0 Å². The fraction of sp³-hybridized carbons (Fsp3) is 0.429. The van der Waals surface area contributed by atoms with Crippen molar-refractivity contribution < 1.29 is 30.4 Å². The third kappa shape index (κ3) is 5.68. The van der Waals surface area contributed by atoms with Gasteiger partial charge >= 0.3 is 12.8 Å². The predicted molar refractivity (Wildman–Crippen MR) is 113 cm³/mol. The SMILES string of the molecule is CC(C)(C)c1ccc2c3ccc(C(C)(C)C)cc3[s+](C(F)(F)F)c2c1.F[B-](F)(F)F. The minimum Gasteiger partial charge on any atom is -0.418 e. The lowest BCUT2D eigenvalue weighted by molar-refractivity contribution is -0.0862. The van der Waals surface area contributed by atoms with Crippen LogP contribution in [-0.4, -0.2) is 7.25 Å². The van der Waals surface area contributed by atoms with Crippen LogP contribution in [0.1, 0.15) is 52.7 Å². The molecule has 0 saturated heterocycles. The van der Waals surface area contributed by atoms with Crippen molar-refractivity contribution in [3.63, 3.8) is 0 Å². The highest BCUT2D eigenvalue weighted by Gasteiger charge is 2.48. The van der Waals surface area contributed by atoms with Gasteiger partial charge in [0.25, 0.3) is 0 Å². The van der Waals surface area contributed by atoms with Crippen molar-refractivity contribution in [1.82, 2.24) is 0 Å². The van der Waals surface area contributed by atoms with Crippen LogP contribution in [0, 0.1) is 0 Å². The van der Waals surface area contributed by atoms with Gasteiger partial charge in [-0.15, -0.1) is 13.2 Å². The maximum atomic E-state index is 14.0. The number of benzene rings is 2. The molecule has 0 fully saturated rings. The summed E-state index contributed by atoms with van der Waals surface area (Å²) in [6.07, 6.45) is 0. The molecule has 0 aliphatic rings. The first-order chi connectivity index (χ1) is 13.3. The van der Waals surface area contributed by atoms with E-state index in [2.05, 4.69) is 0 Å². The van der Waals surface area contributed by atoms with Gasteiger partial charge in [0, 0.05) is 22.9 Å². The van der Waals surface area contributed by atoms with Crippen LogP contribution in [0.15, 0.2) is 36.4 Å². The summed E-state index contributed by atoms with van der Waals surface area (Å²) in [6, 6.07) is 11.2. The Labute approximate surface area is 174 Å². The Bertz CT molecular complexity index is 971. The Balaban J connectivity index is 0.000000575. The fourth-order valence-corrected chi connectivity index (χ4v) is 5.15. The summed E-state index contributed by atoms with van der Waals surface area (Å²) in [5.41, 5.74) is -2.75. The standard InChI is InChI=1S/C21H24F3S.BF4/c1-19(2,3)13-7-9-15-16-10-8-14(20(4,5)6)12-18(16)25(17(15)11-13)21(22,23)24;2-1(3,4)5/h7-12H,1-6H3;/q+1;-1. The van der Waals surface area contributed by atoms with Gasteiger partial charge < -0.3 is 17.3 Å². The molecule has 0 amide bonds. The monoisotopic (exact) mass is 452 g/mol. The van der Waals surface area contributed by atoms with E-state index in [9.17, 15) is 30.4 Å². The highest BCUT2D eigenvalue weighted by atomic mass is 32.2.